The highest BCUT2D eigenvalue weighted by Crippen LogP contribution is 2.34. The summed E-state index contributed by atoms with van der Waals surface area (Å²) in [4.78, 5) is 1.42. The van der Waals surface area contributed by atoms with E-state index < -0.39 is 0 Å². The molecule has 100 valence electrons. The molecule has 0 amide bonds. The van der Waals surface area contributed by atoms with Crippen LogP contribution < -0.4 is 5.32 Å². The highest BCUT2D eigenvalue weighted by Gasteiger charge is 2.22. The summed E-state index contributed by atoms with van der Waals surface area (Å²) in [6.07, 6.45) is 2.32. The summed E-state index contributed by atoms with van der Waals surface area (Å²) >= 11 is 1.97. The fraction of sp³-hybridized carbons (Fsp3) is 0.600. The van der Waals surface area contributed by atoms with Crippen LogP contribution in [0.4, 0.5) is 0 Å². The quantitative estimate of drug-likeness (QED) is 0.813. The van der Waals surface area contributed by atoms with E-state index in [1.165, 1.54) is 16.9 Å². The van der Waals surface area contributed by atoms with E-state index >= 15 is 0 Å². The molecule has 0 saturated carbocycles. The van der Waals surface area contributed by atoms with Crippen molar-refractivity contribution in [1.29, 1.82) is 0 Å². The predicted molar refractivity (Wildman–Crippen MR) is 78.2 cm³/mol. The number of hydrogen-bond donors (Lipinski definition) is 1. The van der Waals surface area contributed by atoms with Crippen LogP contribution in [0.15, 0.2) is 29.2 Å². The number of thioether (sulfide) groups is 1. The average molecular weight is 265 g/mol. The molecule has 0 radical (unpaired) electrons. The first-order valence-electron chi connectivity index (χ1n) is 6.91. The van der Waals surface area contributed by atoms with Crippen LogP contribution in [0.3, 0.4) is 0 Å². The molecule has 0 spiro atoms. The molecule has 0 aliphatic carbocycles. The minimum atomic E-state index is 0.481. The Hall–Kier alpha value is -0.510. The summed E-state index contributed by atoms with van der Waals surface area (Å²) in [5.41, 5.74) is 1.45. The molecular weight excluding hydrogens is 242 g/mol. The van der Waals surface area contributed by atoms with Crippen LogP contribution in [0.1, 0.15) is 38.3 Å². The summed E-state index contributed by atoms with van der Waals surface area (Å²) in [6.45, 7) is 7.35. The van der Waals surface area contributed by atoms with Crippen molar-refractivity contribution >= 4 is 11.8 Å². The molecule has 1 aromatic carbocycles. The zero-order chi connectivity index (χ0) is 12.8. The lowest BCUT2D eigenvalue weighted by Gasteiger charge is -2.27. The van der Waals surface area contributed by atoms with E-state index in [0.717, 1.165) is 26.2 Å². The van der Waals surface area contributed by atoms with Gasteiger partial charge in [-0.05, 0) is 31.0 Å². The Morgan fingerprint density at radius 3 is 2.72 bits per heavy atom. The van der Waals surface area contributed by atoms with Gasteiger partial charge in [-0.15, -0.1) is 11.8 Å². The van der Waals surface area contributed by atoms with Crippen LogP contribution in [0, 0.1) is 0 Å². The zero-order valence-corrected chi connectivity index (χ0v) is 12.1. The van der Waals surface area contributed by atoms with E-state index in [0.29, 0.717) is 11.3 Å². The highest BCUT2D eigenvalue weighted by molar-refractivity contribution is 8.00. The molecule has 0 bridgehead atoms. The van der Waals surface area contributed by atoms with Gasteiger partial charge >= 0.3 is 0 Å². The van der Waals surface area contributed by atoms with Gasteiger partial charge in [0.05, 0.1) is 18.5 Å². The van der Waals surface area contributed by atoms with E-state index in [-0.39, 0.29) is 0 Å². The highest BCUT2D eigenvalue weighted by atomic mass is 32.2. The monoisotopic (exact) mass is 265 g/mol. The summed E-state index contributed by atoms with van der Waals surface area (Å²) in [5.74, 6) is 0. The molecule has 18 heavy (non-hydrogen) atoms. The average Bonchev–Trinajstić information content (AvgIpc) is 2.36. The van der Waals surface area contributed by atoms with Crippen molar-refractivity contribution in [3.63, 3.8) is 0 Å². The van der Waals surface area contributed by atoms with Gasteiger partial charge in [-0.2, -0.15) is 0 Å². The van der Waals surface area contributed by atoms with Crippen molar-refractivity contribution in [2.24, 2.45) is 0 Å². The molecule has 2 rings (SSSR count). The van der Waals surface area contributed by atoms with Crippen LogP contribution in [0.2, 0.25) is 0 Å². The molecule has 0 aromatic heterocycles. The first-order chi connectivity index (χ1) is 8.85. The maximum atomic E-state index is 5.26. The molecule has 1 fully saturated rings. The van der Waals surface area contributed by atoms with Gasteiger partial charge in [-0.1, -0.05) is 32.0 Å². The third-order valence-corrected chi connectivity index (χ3v) is 4.48. The Morgan fingerprint density at radius 1 is 1.33 bits per heavy atom. The normalized spacial score (nSPS) is 17.4. The van der Waals surface area contributed by atoms with Crippen molar-refractivity contribution in [2.45, 2.75) is 42.9 Å². The number of benzene rings is 1. The van der Waals surface area contributed by atoms with Crippen molar-refractivity contribution in [1.82, 2.24) is 5.32 Å². The molecular formula is C15H23NOS. The third-order valence-electron chi connectivity index (χ3n) is 3.24. The fourth-order valence-corrected chi connectivity index (χ4v) is 3.32. The second kappa shape index (κ2) is 7.17. The Bertz CT molecular complexity index is 365. The first kappa shape index (κ1) is 13.9. The maximum Gasteiger partial charge on any atom is 0.0611 e. The topological polar surface area (TPSA) is 21.3 Å². The Balaban J connectivity index is 2.08. The fourth-order valence-electron chi connectivity index (χ4n) is 2.13. The van der Waals surface area contributed by atoms with Crippen molar-refractivity contribution in [3.05, 3.63) is 29.8 Å². The van der Waals surface area contributed by atoms with Gasteiger partial charge in [0.25, 0.3) is 0 Å². The minimum absolute atomic E-state index is 0.481. The zero-order valence-electron chi connectivity index (χ0n) is 11.3. The summed E-state index contributed by atoms with van der Waals surface area (Å²) < 4.78 is 5.26. The van der Waals surface area contributed by atoms with E-state index in [9.17, 15) is 0 Å². The molecule has 1 aliphatic rings. The van der Waals surface area contributed by atoms with E-state index in [1.807, 2.05) is 11.8 Å². The molecule has 1 N–H and O–H groups in total. The van der Waals surface area contributed by atoms with Gasteiger partial charge in [-0.25, -0.2) is 0 Å². The Morgan fingerprint density at radius 2 is 2.11 bits per heavy atom. The standard InChI is InChI=1S/C15H23NOS/c1-3-9-16-14(4-2)13-7-5-6-8-15(13)18-12-10-17-11-12/h5-8,12,14,16H,3-4,9-11H2,1-2H3. The molecule has 2 nitrogen and oxygen atoms in total. The predicted octanol–water partition coefficient (Wildman–Crippen LogP) is 3.63. The first-order valence-corrected chi connectivity index (χ1v) is 7.79. The molecule has 1 aliphatic heterocycles. The van der Waals surface area contributed by atoms with E-state index in [4.69, 9.17) is 4.74 Å². The molecule has 1 unspecified atom stereocenters. The smallest absolute Gasteiger partial charge is 0.0611 e. The van der Waals surface area contributed by atoms with Gasteiger partial charge in [0, 0.05) is 10.9 Å². The second-order valence-electron chi connectivity index (χ2n) is 4.73. The van der Waals surface area contributed by atoms with Crippen LogP contribution in [0.25, 0.3) is 0 Å². The summed E-state index contributed by atoms with van der Waals surface area (Å²) in [7, 11) is 0. The maximum absolute atomic E-state index is 5.26. The second-order valence-corrected chi connectivity index (χ2v) is 6.07. The summed E-state index contributed by atoms with van der Waals surface area (Å²) in [5, 5.41) is 4.29. The lowest BCUT2D eigenvalue weighted by atomic mass is 10.0. The van der Waals surface area contributed by atoms with E-state index in [1.54, 1.807) is 0 Å². The van der Waals surface area contributed by atoms with Crippen LogP contribution in [-0.4, -0.2) is 25.0 Å². The van der Waals surface area contributed by atoms with Gasteiger partial charge in [-0.3, -0.25) is 0 Å². The third kappa shape index (κ3) is 3.50. The van der Waals surface area contributed by atoms with Crippen molar-refractivity contribution < 1.29 is 4.74 Å². The van der Waals surface area contributed by atoms with Gasteiger partial charge < -0.3 is 10.1 Å². The van der Waals surface area contributed by atoms with Gasteiger partial charge in [0.1, 0.15) is 0 Å². The van der Waals surface area contributed by atoms with Crippen LogP contribution in [0.5, 0.6) is 0 Å². The Labute approximate surface area is 114 Å². The van der Waals surface area contributed by atoms with E-state index in [2.05, 4.69) is 43.4 Å². The minimum Gasteiger partial charge on any atom is -0.379 e. The lowest BCUT2D eigenvalue weighted by Crippen LogP contribution is -2.30. The van der Waals surface area contributed by atoms with Crippen LogP contribution >= 0.6 is 11.8 Å². The van der Waals surface area contributed by atoms with Crippen molar-refractivity contribution in [2.75, 3.05) is 19.8 Å². The number of nitrogens with one attached hydrogen (secondary N) is 1. The largest absolute Gasteiger partial charge is 0.379 e. The summed E-state index contributed by atoms with van der Waals surface area (Å²) in [6, 6.07) is 9.27. The SMILES string of the molecule is CCCNC(CC)c1ccccc1SC1COC1. The van der Waals surface area contributed by atoms with Gasteiger partial charge in [0.2, 0.25) is 0 Å². The molecule has 3 heteroatoms. The number of rotatable bonds is 7. The lowest BCUT2D eigenvalue weighted by molar-refractivity contribution is 0.0455. The molecule has 1 heterocycles. The van der Waals surface area contributed by atoms with Gasteiger partial charge in [0.15, 0.2) is 0 Å². The molecule has 1 atom stereocenters. The van der Waals surface area contributed by atoms with Crippen LogP contribution in [-0.2, 0) is 4.74 Å². The number of ether oxygens (including phenoxy) is 1. The molecule has 1 aromatic rings. The Kier molecular flexibility index (Phi) is 5.54. The number of hydrogen-bond acceptors (Lipinski definition) is 3. The molecule has 1 saturated heterocycles. The van der Waals surface area contributed by atoms with Crippen molar-refractivity contribution in [3.8, 4) is 0 Å².